The number of fused-ring (bicyclic) bond motifs is 1. The van der Waals surface area contributed by atoms with E-state index in [0.717, 1.165) is 0 Å². The van der Waals surface area contributed by atoms with Crippen LogP contribution in [-0.2, 0) is 0 Å². The second kappa shape index (κ2) is 13.0. The van der Waals surface area contributed by atoms with Gasteiger partial charge in [-0.25, -0.2) is 0 Å². The normalized spacial score (nSPS) is 10.5. The zero-order valence-electron chi connectivity index (χ0n) is 28.2. The summed E-state index contributed by atoms with van der Waals surface area (Å²) in [4.78, 5) is 0. The SMILES string of the molecule is C=C(C)C(C)=C(C)C.Cc1c(C)c(C)c(C)c(C)c1C.Cc1c(C)c(C)c2c(C)c(C)c(C)c(C)c2c1C. The molecule has 0 aliphatic carbocycles. The van der Waals surface area contributed by atoms with Crippen LogP contribution in [0.3, 0.4) is 0 Å². The lowest BCUT2D eigenvalue weighted by Crippen LogP contribution is -2.01. The maximum absolute atomic E-state index is 3.82. The molecule has 0 aliphatic rings. The van der Waals surface area contributed by atoms with Crippen molar-refractivity contribution in [1.29, 1.82) is 0 Å². The molecule has 38 heavy (non-hydrogen) atoms. The van der Waals surface area contributed by atoms with E-state index in [1.54, 1.807) is 0 Å². The van der Waals surface area contributed by atoms with Gasteiger partial charge in [-0.2, -0.15) is 0 Å². The Balaban J connectivity index is 0.000000313. The van der Waals surface area contributed by atoms with E-state index < -0.39 is 0 Å². The van der Waals surface area contributed by atoms with Crippen LogP contribution in [0.2, 0.25) is 0 Å². The number of aryl methyl sites for hydroxylation is 4. The van der Waals surface area contributed by atoms with Gasteiger partial charge in [0.1, 0.15) is 0 Å². The first-order valence-corrected chi connectivity index (χ1v) is 14.1. The molecule has 0 bridgehead atoms. The van der Waals surface area contributed by atoms with Crippen LogP contribution in [0.1, 0.15) is 106 Å². The van der Waals surface area contributed by atoms with Crippen LogP contribution in [-0.4, -0.2) is 0 Å². The van der Waals surface area contributed by atoms with Gasteiger partial charge in [0.15, 0.2) is 0 Å². The van der Waals surface area contributed by atoms with Crippen LogP contribution in [0.15, 0.2) is 23.3 Å². The van der Waals surface area contributed by atoms with Gasteiger partial charge in [-0.1, -0.05) is 23.3 Å². The van der Waals surface area contributed by atoms with Gasteiger partial charge in [0.25, 0.3) is 0 Å². The lowest BCUT2D eigenvalue weighted by Gasteiger charge is -2.21. The van der Waals surface area contributed by atoms with Crippen LogP contribution in [0, 0.1) is 96.9 Å². The maximum Gasteiger partial charge on any atom is -0.0114 e. The van der Waals surface area contributed by atoms with E-state index in [9.17, 15) is 0 Å². The molecule has 0 N–H and O–H groups in total. The van der Waals surface area contributed by atoms with Crippen molar-refractivity contribution >= 4 is 10.8 Å². The Morgan fingerprint density at radius 2 is 0.474 bits per heavy atom. The van der Waals surface area contributed by atoms with Crippen LogP contribution < -0.4 is 0 Å². The molecule has 0 unspecified atom stereocenters. The second-order valence-electron chi connectivity index (χ2n) is 11.9. The average molecular weight is 513 g/mol. The molecule has 3 aromatic carbocycles. The molecule has 0 aliphatic heterocycles. The summed E-state index contributed by atoms with van der Waals surface area (Å²) in [5, 5.41) is 2.97. The van der Waals surface area contributed by atoms with Crippen LogP contribution in [0.25, 0.3) is 10.8 Å². The first kappa shape index (κ1) is 33.4. The average Bonchev–Trinajstić information content (AvgIpc) is 2.88. The van der Waals surface area contributed by atoms with Gasteiger partial charge < -0.3 is 0 Å². The molecule has 0 heteroatoms. The number of hydrogen-bond acceptors (Lipinski definition) is 0. The van der Waals surface area contributed by atoms with Crippen molar-refractivity contribution in [2.45, 2.75) is 125 Å². The van der Waals surface area contributed by atoms with E-state index in [0.29, 0.717) is 0 Å². The maximum atomic E-state index is 3.82. The molecular formula is C38H56. The molecule has 0 nitrogen and oxygen atoms in total. The monoisotopic (exact) mass is 512 g/mol. The van der Waals surface area contributed by atoms with Crippen molar-refractivity contribution in [3.8, 4) is 0 Å². The van der Waals surface area contributed by atoms with Gasteiger partial charge in [-0.05, 0) is 213 Å². The first-order chi connectivity index (χ1) is 17.3. The standard InChI is InChI=1S/C18H24.C12H18.C8H14/c1-9-10(2)14(6)18-16(8)12(4)11(3)15(7)17(18)13(9)5;1-7-8(2)10(4)12(6)11(5)9(7)3;1-6(2)8(5)7(3)4/h1-8H3;1-6H3;1H2,2-5H3. The predicted octanol–water partition coefficient (Wildman–Crippen LogP) is 11.8. The smallest absolute Gasteiger partial charge is 0.0114 e. The minimum absolute atomic E-state index is 1.17. The molecule has 3 rings (SSSR count). The quantitative estimate of drug-likeness (QED) is 0.284. The lowest BCUT2D eigenvalue weighted by molar-refractivity contribution is 1.13. The van der Waals surface area contributed by atoms with Crippen molar-refractivity contribution in [2.75, 3.05) is 0 Å². The molecule has 3 aromatic rings. The van der Waals surface area contributed by atoms with E-state index in [1.807, 2.05) is 6.92 Å². The fourth-order valence-corrected chi connectivity index (χ4v) is 5.30. The largest absolute Gasteiger partial charge is 0.0959 e. The Hall–Kier alpha value is -2.60. The Morgan fingerprint density at radius 3 is 0.579 bits per heavy atom. The first-order valence-electron chi connectivity index (χ1n) is 14.1. The molecule has 0 spiro atoms. The van der Waals surface area contributed by atoms with Crippen molar-refractivity contribution in [3.05, 3.63) is 101 Å². The Labute approximate surface area is 236 Å². The van der Waals surface area contributed by atoms with Gasteiger partial charge in [0, 0.05) is 0 Å². The minimum atomic E-state index is 1.17. The molecule has 0 saturated heterocycles. The fraction of sp³-hybridized carbons (Fsp3) is 0.474. The number of rotatable bonds is 1. The summed E-state index contributed by atoms with van der Waals surface area (Å²) < 4.78 is 0. The van der Waals surface area contributed by atoms with Gasteiger partial charge in [-0.3, -0.25) is 0 Å². The predicted molar refractivity (Wildman–Crippen MR) is 176 cm³/mol. The van der Waals surface area contributed by atoms with Gasteiger partial charge in [0.2, 0.25) is 0 Å². The molecular weight excluding hydrogens is 456 g/mol. The highest BCUT2D eigenvalue weighted by Crippen LogP contribution is 2.36. The summed E-state index contributed by atoms with van der Waals surface area (Å²) in [6.07, 6.45) is 0. The fourth-order valence-electron chi connectivity index (χ4n) is 5.30. The highest BCUT2D eigenvalue weighted by molar-refractivity contribution is 5.97. The zero-order valence-corrected chi connectivity index (χ0v) is 28.2. The summed E-state index contributed by atoms with van der Waals surface area (Å²) in [6, 6.07) is 0. The van der Waals surface area contributed by atoms with Crippen LogP contribution in [0.4, 0.5) is 0 Å². The Morgan fingerprint density at radius 1 is 0.316 bits per heavy atom. The molecule has 0 atom stereocenters. The van der Waals surface area contributed by atoms with E-state index in [-0.39, 0.29) is 0 Å². The number of benzene rings is 3. The molecule has 0 saturated carbocycles. The van der Waals surface area contributed by atoms with Gasteiger partial charge in [0.05, 0.1) is 0 Å². The third-order valence-electron chi connectivity index (χ3n) is 9.89. The van der Waals surface area contributed by atoms with Crippen molar-refractivity contribution in [2.24, 2.45) is 0 Å². The highest BCUT2D eigenvalue weighted by Gasteiger charge is 2.16. The summed E-state index contributed by atoms with van der Waals surface area (Å²) in [7, 11) is 0. The van der Waals surface area contributed by atoms with Gasteiger partial charge in [-0.15, -0.1) is 0 Å². The molecule has 0 radical (unpaired) electrons. The van der Waals surface area contributed by atoms with E-state index in [4.69, 9.17) is 0 Å². The molecule has 0 amide bonds. The molecule has 0 fully saturated rings. The summed E-state index contributed by atoms with van der Waals surface area (Å²) in [6.45, 7) is 43.5. The summed E-state index contributed by atoms with van der Waals surface area (Å²) >= 11 is 0. The summed E-state index contributed by atoms with van der Waals surface area (Å²) in [5.74, 6) is 0. The second-order valence-corrected chi connectivity index (χ2v) is 11.9. The number of allylic oxidation sites excluding steroid dienone is 3. The van der Waals surface area contributed by atoms with Crippen LogP contribution >= 0.6 is 0 Å². The van der Waals surface area contributed by atoms with Crippen LogP contribution in [0.5, 0.6) is 0 Å². The van der Waals surface area contributed by atoms with Crippen molar-refractivity contribution in [3.63, 3.8) is 0 Å². The third-order valence-corrected chi connectivity index (χ3v) is 9.89. The minimum Gasteiger partial charge on any atom is -0.0959 e. The Kier molecular flexibility index (Phi) is 11.4. The third kappa shape index (κ3) is 6.51. The zero-order chi connectivity index (χ0) is 30.0. The molecule has 0 heterocycles. The molecule has 208 valence electrons. The van der Waals surface area contributed by atoms with E-state index in [2.05, 4.69) is 124 Å². The van der Waals surface area contributed by atoms with E-state index in [1.165, 1.54) is 105 Å². The topological polar surface area (TPSA) is 0 Å². The summed E-state index contributed by atoms with van der Waals surface area (Å²) in [5.41, 5.74) is 24.2. The highest BCUT2D eigenvalue weighted by atomic mass is 14.2. The van der Waals surface area contributed by atoms with E-state index >= 15 is 0 Å². The lowest BCUT2D eigenvalue weighted by atomic mass is 9.83. The van der Waals surface area contributed by atoms with Gasteiger partial charge >= 0.3 is 0 Å². The van der Waals surface area contributed by atoms with Crippen molar-refractivity contribution < 1.29 is 0 Å². The Bertz CT molecular complexity index is 1200. The molecule has 0 aromatic heterocycles. The van der Waals surface area contributed by atoms with Crippen molar-refractivity contribution in [1.82, 2.24) is 0 Å². The number of hydrogen-bond donors (Lipinski definition) is 0.